The van der Waals surface area contributed by atoms with Gasteiger partial charge in [0.05, 0.1) is 6.20 Å². The summed E-state index contributed by atoms with van der Waals surface area (Å²) >= 11 is 10.9. The number of hydrogen-bond acceptors (Lipinski definition) is 1. The van der Waals surface area contributed by atoms with E-state index in [0.717, 1.165) is 0 Å². The van der Waals surface area contributed by atoms with Crippen molar-refractivity contribution in [2.24, 2.45) is 0 Å². The molecule has 41 valence electrons. The Morgan fingerprint density at radius 2 is 2.25 bits per heavy atom. The molecule has 0 aliphatic heterocycles. The summed E-state index contributed by atoms with van der Waals surface area (Å²) in [6, 6.07) is 3.10. The fourth-order valence-corrected chi connectivity index (χ4v) is 0.718. The first-order valence-corrected chi connectivity index (χ1v) is 2.74. The molecule has 1 heterocycles. The lowest BCUT2D eigenvalue weighted by Crippen LogP contribution is -1.70. The van der Waals surface area contributed by atoms with Gasteiger partial charge in [0.15, 0.2) is 0 Å². The number of aromatic nitrogens is 1. The summed E-state index contributed by atoms with van der Waals surface area (Å²) in [6.45, 7) is 0. The summed E-state index contributed by atoms with van der Waals surface area (Å²) in [5.41, 5.74) is 0. The van der Waals surface area contributed by atoms with Crippen LogP contribution in [0.25, 0.3) is 0 Å². The minimum absolute atomic E-state index is 0.373. The van der Waals surface area contributed by atoms with E-state index in [9.17, 15) is 0 Å². The highest BCUT2D eigenvalue weighted by Crippen LogP contribution is 2.10. The lowest BCUT2D eigenvalue weighted by molar-refractivity contribution is 1.31. The molecule has 1 aromatic rings. The van der Waals surface area contributed by atoms with Gasteiger partial charge in [-0.2, -0.15) is 0 Å². The molecule has 0 amide bonds. The predicted molar refractivity (Wildman–Crippen MR) is 33.1 cm³/mol. The topological polar surface area (TPSA) is 12.9 Å². The van der Waals surface area contributed by atoms with Gasteiger partial charge in [0.25, 0.3) is 0 Å². The van der Waals surface area contributed by atoms with E-state index in [1.807, 2.05) is 0 Å². The zero-order valence-corrected chi connectivity index (χ0v) is 5.37. The van der Waals surface area contributed by atoms with E-state index in [1.165, 1.54) is 0 Å². The van der Waals surface area contributed by atoms with E-state index in [1.54, 1.807) is 12.1 Å². The number of hydrogen-bond donors (Lipinski definition) is 0. The Kier molecular flexibility index (Phi) is 1.71. The van der Waals surface area contributed by atoms with Crippen LogP contribution in [-0.2, 0) is 0 Å². The predicted octanol–water partition coefficient (Wildman–Crippen LogP) is 2.19. The SMILES string of the molecule is Clc1c[c]nc(Cl)c1. The molecule has 0 atom stereocenters. The van der Waals surface area contributed by atoms with Crippen LogP contribution in [0.1, 0.15) is 0 Å². The molecular weight excluding hydrogens is 145 g/mol. The third kappa shape index (κ3) is 1.35. The molecule has 1 radical (unpaired) electrons. The maximum absolute atomic E-state index is 5.49. The van der Waals surface area contributed by atoms with Crippen molar-refractivity contribution < 1.29 is 0 Å². The normalized spacial score (nSPS) is 9.25. The van der Waals surface area contributed by atoms with E-state index in [0.29, 0.717) is 10.2 Å². The van der Waals surface area contributed by atoms with Gasteiger partial charge in [0.1, 0.15) is 5.15 Å². The van der Waals surface area contributed by atoms with Crippen LogP contribution < -0.4 is 0 Å². The van der Waals surface area contributed by atoms with E-state index < -0.39 is 0 Å². The smallest absolute Gasteiger partial charge is 0.131 e. The van der Waals surface area contributed by atoms with Crippen LogP contribution in [0, 0.1) is 6.20 Å². The Balaban J connectivity index is 3.08. The molecule has 0 saturated heterocycles. The molecule has 1 aromatic heterocycles. The average Bonchev–Trinajstić information content (AvgIpc) is 1.64. The quantitative estimate of drug-likeness (QED) is 0.512. The average molecular weight is 147 g/mol. The van der Waals surface area contributed by atoms with Gasteiger partial charge in [0, 0.05) is 5.02 Å². The van der Waals surface area contributed by atoms with Gasteiger partial charge in [-0.15, -0.1) is 0 Å². The van der Waals surface area contributed by atoms with Crippen LogP contribution in [0.5, 0.6) is 0 Å². The van der Waals surface area contributed by atoms with Crippen LogP contribution in [0.2, 0.25) is 10.2 Å². The maximum atomic E-state index is 5.49. The first-order valence-electron chi connectivity index (χ1n) is 1.98. The fraction of sp³-hybridized carbons (Fsp3) is 0. The van der Waals surface area contributed by atoms with Crippen LogP contribution in [0.15, 0.2) is 12.1 Å². The maximum Gasteiger partial charge on any atom is 0.131 e. The van der Waals surface area contributed by atoms with Crippen molar-refractivity contribution in [1.29, 1.82) is 0 Å². The molecule has 0 spiro atoms. The molecule has 0 fully saturated rings. The second-order valence-electron chi connectivity index (χ2n) is 1.24. The van der Waals surface area contributed by atoms with Crippen molar-refractivity contribution in [3.8, 4) is 0 Å². The molecule has 1 rings (SSSR count). The van der Waals surface area contributed by atoms with Crippen LogP contribution in [0.4, 0.5) is 0 Å². The summed E-state index contributed by atoms with van der Waals surface area (Å²) in [4.78, 5) is 3.60. The molecule has 0 aliphatic carbocycles. The van der Waals surface area contributed by atoms with Crippen LogP contribution in [-0.4, -0.2) is 4.98 Å². The van der Waals surface area contributed by atoms with E-state index in [2.05, 4.69) is 11.2 Å². The fourth-order valence-electron chi connectivity index (χ4n) is 0.343. The van der Waals surface area contributed by atoms with Gasteiger partial charge in [-0.3, -0.25) is 0 Å². The highest BCUT2D eigenvalue weighted by molar-refractivity contribution is 6.33. The Bertz CT molecular complexity index is 170. The molecule has 0 N–H and O–H groups in total. The Hall–Kier alpha value is -0.270. The third-order valence-electron chi connectivity index (χ3n) is 0.631. The van der Waals surface area contributed by atoms with Crippen molar-refractivity contribution in [3.63, 3.8) is 0 Å². The van der Waals surface area contributed by atoms with Crippen LogP contribution in [0.3, 0.4) is 0 Å². The van der Waals surface area contributed by atoms with Gasteiger partial charge in [-0.05, 0) is 12.1 Å². The van der Waals surface area contributed by atoms with Gasteiger partial charge >= 0.3 is 0 Å². The molecule has 8 heavy (non-hydrogen) atoms. The molecule has 0 aliphatic rings. The minimum Gasteiger partial charge on any atom is -0.234 e. The second kappa shape index (κ2) is 2.33. The molecular formula is C5H2Cl2N. The van der Waals surface area contributed by atoms with Crippen molar-refractivity contribution >= 4 is 23.2 Å². The van der Waals surface area contributed by atoms with Crippen molar-refractivity contribution in [2.45, 2.75) is 0 Å². The molecule has 3 heteroatoms. The van der Waals surface area contributed by atoms with Crippen molar-refractivity contribution in [1.82, 2.24) is 4.98 Å². The lowest BCUT2D eigenvalue weighted by Gasteiger charge is -1.85. The summed E-state index contributed by atoms with van der Waals surface area (Å²) in [5.74, 6) is 0. The third-order valence-corrected chi connectivity index (χ3v) is 1.04. The summed E-state index contributed by atoms with van der Waals surface area (Å²) < 4.78 is 0. The van der Waals surface area contributed by atoms with E-state index in [-0.39, 0.29) is 0 Å². The standard InChI is InChI=1S/C5H2Cl2N/c6-4-1-2-8-5(7)3-4/h1,3H. The number of rotatable bonds is 0. The Morgan fingerprint density at radius 3 is 2.62 bits per heavy atom. The van der Waals surface area contributed by atoms with Crippen molar-refractivity contribution in [2.75, 3.05) is 0 Å². The lowest BCUT2D eigenvalue weighted by atomic mass is 10.5. The highest BCUT2D eigenvalue weighted by Gasteiger charge is 1.87. The van der Waals surface area contributed by atoms with E-state index >= 15 is 0 Å². The van der Waals surface area contributed by atoms with Gasteiger partial charge < -0.3 is 0 Å². The number of pyridine rings is 1. The second-order valence-corrected chi connectivity index (χ2v) is 2.06. The summed E-state index contributed by atoms with van der Waals surface area (Å²) in [6.07, 6.45) is 2.52. The number of nitrogens with zero attached hydrogens (tertiary/aromatic N) is 1. The first-order chi connectivity index (χ1) is 3.79. The Morgan fingerprint density at radius 1 is 1.50 bits per heavy atom. The monoisotopic (exact) mass is 146 g/mol. The minimum atomic E-state index is 0.373. The van der Waals surface area contributed by atoms with E-state index in [4.69, 9.17) is 23.2 Å². The largest absolute Gasteiger partial charge is 0.234 e. The molecule has 0 unspecified atom stereocenters. The molecule has 0 bridgehead atoms. The van der Waals surface area contributed by atoms with Crippen molar-refractivity contribution in [3.05, 3.63) is 28.5 Å². The molecule has 0 aromatic carbocycles. The summed E-state index contributed by atoms with van der Waals surface area (Å²) in [7, 11) is 0. The van der Waals surface area contributed by atoms with Gasteiger partial charge in [0.2, 0.25) is 0 Å². The zero-order chi connectivity index (χ0) is 5.98. The Labute approximate surface area is 57.3 Å². The van der Waals surface area contributed by atoms with Gasteiger partial charge in [-0.25, -0.2) is 4.98 Å². The highest BCUT2D eigenvalue weighted by atomic mass is 35.5. The first kappa shape index (κ1) is 5.86. The number of halogens is 2. The molecule has 1 nitrogen and oxygen atoms in total. The summed E-state index contributed by atoms with van der Waals surface area (Å²) in [5, 5.41) is 0.933. The van der Waals surface area contributed by atoms with Gasteiger partial charge in [-0.1, -0.05) is 23.2 Å². The zero-order valence-electron chi connectivity index (χ0n) is 3.86. The van der Waals surface area contributed by atoms with Crippen LogP contribution >= 0.6 is 23.2 Å². The molecule has 0 saturated carbocycles.